The molecule has 0 fully saturated rings. The van der Waals surface area contributed by atoms with Crippen molar-refractivity contribution in [2.75, 3.05) is 13.2 Å². The predicted octanol–water partition coefficient (Wildman–Crippen LogP) is 8.51. The zero-order valence-corrected chi connectivity index (χ0v) is 33.8. The third kappa shape index (κ3) is 7.57. The number of ether oxygens (including phenoxy) is 1. The fourth-order valence-corrected chi connectivity index (χ4v) is 7.91. The Morgan fingerprint density at radius 3 is 2.33 bits per heavy atom. The number of aryl methyl sites for hydroxylation is 6. The second kappa shape index (κ2) is 16.9. The number of hydrogen-bond donors (Lipinski definition) is 1. The van der Waals surface area contributed by atoms with E-state index in [0.717, 1.165) is 91.9 Å². The summed E-state index contributed by atoms with van der Waals surface area (Å²) in [5.41, 5.74) is 11.3. The third-order valence-electron chi connectivity index (χ3n) is 10.4. The molecule has 0 radical (unpaired) electrons. The van der Waals surface area contributed by atoms with Crippen molar-refractivity contribution in [3.63, 3.8) is 0 Å². The van der Waals surface area contributed by atoms with E-state index in [1.165, 1.54) is 11.1 Å². The first kappa shape index (κ1) is 39.1. The number of aliphatic imine (C=N–C) groups is 2. The maximum absolute atomic E-state index is 12.1. The van der Waals surface area contributed by atoms with Crippen molar-refractivity contribution < 1.29 is 14.6 Å². The van der Waals surface area contributed by atoms with Gasteiger partial charge in [0, 0.05) is 72.7 Å². The van der Waals surface area contributed by atoms with E-state index in [1.54, 1.807) is 6.07 Å². The van der Waals surface area contributed by atoms with Gasteiger partial charge in [-0.2, -0.15) is 10.2 Å². The standard InChI is InChI=1S/C45H51N9O3/c1-8-33-20-29(4)21-36-38(27-47-26-34-22-30(5)49-53(34)9-2)44(46-7)51(42(33)36)16-11-12-17-52-43-37(24-32(28-56)25-41(43)57-19-13-18-55)35-14-15-39(48-45(35)52)40-23-31(6)50-54(40)10-3/h11-12,14-15,20-25,27-28,55H,7-10,13,16-19,26H2,1-6H3/b12-11+,47-27?. The SMILES string of the molecule is C=Nc1c(C=NCc2cc(C)nn2CC)c2cc(C)cc(CC)c2n1C/C=C/Cn1c2nc(-c3cc(C)nn3CC)ccc2c2cc(C=O)cc(OCCCO)c21. The molecular weight excluding hydrogens is 715 g/mol. The summed E-state index contributed by atoms with van der Waals surface area (Å²) in [6.07, 6.45) is 8.40. The molecule has 0 aliphatic rings. The van der Waals surface area contributed by atoms with Crippen LogP contribution in [0.4, 0.5) is 5.82 Å². The quantitative estimate of drug-likeness (QED) is 0.0429. The minimum atomic E-state index is 0.00436. The Labute approximate surface area is 332 Å². The van der Waals surface area contributed by atoms with Crippen LogP contribution in [0.3, 0.4) is 0 Å². The van der Waals surface area contributed by atoms with Crippen LogP contribution in [0.2, 0.25) is 0 Å². The van der Waals surface area contributed by atoms with Crippen LogP contribution in [0.5, 0.6) is 5.75 Å². The molecule has 12 heteroatoms. The van der Waals surface area contributed by atoms with E-state index in [9.17, 15) is 9.90 Å². The Hall–Kier alpha value is -6.14. The number of rotatable bonds is 17. The molecule has 0 aliphatic heterocycles. The topological polar surface area (TPSA) is 130 Å². The summed E-state index contributed by atoms with van der Waals surface area (Å²) in [7, 11) is 0. The molecule has 12 nitrogen and oxygen atoms in total. The molecule has 0 amide bonds. The van der Waals surface area contributed by atoms with Gasteiger partial charge in [0.25, 0.3) is 0 Å². The van der Waals surface area contributed by atoms with Crippen molar-refractivity contribution >= 4 is 57.9 Å². The van der Waals surface area contributed by atoms with Crippen LogP contribution in [0.15, 0.2) is 70.7 Å². The normalized spacial score (nSPS) is 12.1. The van der Waals surface area contributed by atoms with Crippen molar-refractivity contribution in [1.29, 1.82) is 0 Å². The molecular formula is C45H51N9O3. The average molecular weight is 766 g/mol. The van der Waals surface area contributed by atoms with E-state index in [1.807, 2.05) is 41.6 Å². The van der Waals surface area contributed by atoms with Gasteiger partial charge in [0.1, 0.15) is 23.5 Å². The van der Waals surface area contributed by atoms with E-state index in [0.29, 0.717) is 50.5 Å². The summed E-state index contributed by atoms with van der Waals surface area (Å²) >= 11 is 0. The predicted molar refractivity (Wildman–Crippen MR) is 230 cm³/mol. The molecule has 5 heterocycles. The minimum Gasteiger partial charge on any atom is -0.491 e. The maximum Gasteiger partial charge on any atom is 0.150 e. The summed E-state index contributed by atoms with van der Waals surface area (Å²) < 4.78 is 14.6. The van der Waals surface area contributed by atoms with Gasteiger partial charge in [-0.25, -0.2) is 9.98 Å². The Balaban J connectivity index is 1.31. The molecule has 5 aromatic heterocycles. The van der Waals surface area contributed by atoms with Crippen LogP contribution >= 0.6 is 0 Å². The largest absolute Gasteiger partial charge is 0.491 e. The van der Waals surface area contributed by atoms with Crippen molar-refractivity contribution in [2.24, 2.45) is 9.98 Å². The molecule has 0 saturated heterocycles. The van der Waals surface area contributed by atoms with E-state index < -0.39 is 0 Å². The Bertz CT molecular complexity index is 2670. The molecule has 2 aromatic carbocycles. The number of carbonyl (C=O) groups excluding carboxylic acids is 1. The lowest BCUT2D eigenvalue weighted by molar-refractivity contribution is 0.112. The molecule has 0 spiro atoms. The molecule has 0 atom stereocenters. The number of aliphatic hydroxyl groups is 1. The number of benzene rings is 2. The molecule has 7 rings (SSSR count). The molecule has 57 heavy (non-hydrogen) atoms. The first-order chi connectivity index (χ1) is 27.7. The van der Waals surface area contributed by atoms with Crippen molar-refractivity contribution in [1.82, 2.24) is 33.7 Å². The molecule has 0 aliphatic carbocycles. The Kier molecular flexibility index (Phi) is 11.6. The smallest absolute Gasteiger partial charge is 0.150 e. The molecule has 0 bridgehead atoms. The summed E-state index contributed by atoms with van der Waals surface area (Å²) in [5.74, 6) is 1.34. The van der Waals surface area contributed by atoms with Crippen molar-refractivity contribution in [3.05, 3.63) is 100 Å². The summed E-state index contributed by atoms with van der Waals surface area (Å²) in [6, 6.07) is 16.3. The number of allylic oxidation sites excluding steroid dienone is 2. The fourth-order valence-electron chi connectivity index (χ4n) is 7.91. The number of aliphatic hydroxyl groups excluding tert-OH is 1. The summed E-state index contributed by atoms with van der Waals surface area (Å²) in [6.45, 7) is 19.8. The third-order valence-corrected chi connectivity index (χ3v) is 10.4. The Morgan fingerprint density at radius 2 is 1.61 bits per heavy atom. The highest BCUT2D eigenvalue weighted by Crippen LogP contribution is 2.38. The van der Waals surface area contributed by atoms with Crippen LogP contribution in [-0.4, -0.2) is 71.2 Å². The zero-order valence-electron chi connectivity index (χ0n) is 33.8. The van der Waals surface area contributed by atoms with Gasteiger partial charge >= 0.3 is 0 Å². The van der Waals surface area contributed by atoms with Gasteiger partial charge in [-0.1, -0.05) is 30.7 Å². The highest BCUT2D eigenvalue weighted by Gasteiger charge is 2.21. The number of carbonyl (C=O) groups is 1. The van der Waals surface area contributed by atoms with Gasteiger partial charge in [0.05, 0.1) is 52.7 Å². The van der Waals surface area contributed by atoms with Gasteiger partial charge in [-0.05, 0) is 95.8 Å². The van der Waals surface area contributed by atoms with Gasteiger partial charge in [-0.15, -0.1) is 0 Å². The summed E-state index contributed by atoms with van der Waals surface area (Å²) in [5, 5.41) is 21.7. The molecule has 0 unspecified atom stereocenters. The number of aromatic nitrogens is 7. The zero-order chi connectivity index (χ0) is 40.2. The lowest BCUT2D eigenvalue weighted by Crippen LogP contribution is -2.04. The molecule has 7 aromatic rings. The minimum absolute atomic E-state index is 0.00436. The molecule has 294 valence electrons. The first-order valence-corrected chi connectivity index (χ1v) is 19.7. The first-order valence-electron chi connectivity index (χ1n) is 19.7. The highest BCUT2D eigenvalue weighted by molar-refractivity contribution is 6.11. The highest BCUT2D eigenvalue weighted by atomic mass is 16.5. The van der Waals surface area contributed by atoms with Crippen LogP contribution < -0.4 is 4.74 Å². The molecule has 0 saturated carbocycles. The van der Waals surface area contributed by atoms with Crippen LogP contribution in [0.1, 0.15) is 71.3 Å². The molecule has 1 N–H and O–H groups in total. The maximum atomic E-state index is 12.1. The lowest BCUT2D eigenvalue weighted by Gasteiger charge is -2.12. The van der Waals surface area contributed by atoms with Crippen LogP contribution in [0, 0.1) is 20.8 Å². The van der Waals surface area contributed by atoms with E-state index >= 15 is 0 Å². The number of fused-ring (bicyclic) bond motifs is 4. The van der Waals surface area contributed by atoms with Crippen molar-refractivity contribution in [3.8, 4) is 17.1 Å². The van der Waals surface area contributed by atoms with Gasteiger partial charge in [-0.3, -0.25) is 19.2 Å². The number of aldehydes is 1. The van der Waals surface area contributed by atoms with Gasteiger partial charge in [0.15, 0.2) is 0 Å². The monoisotopic (exact) mass is 765 g/mol. The van der Waals surface area contributed by atoms with Gasteiger partial charge in [0.2, 0.25) is 0 Å². The van der Waals surface area contributed by atoms with E-state index in [-0.39, 0.29) is 6.61 Å². The number of nitrogens with zero attached hydrogens (tertiary/aromatic N) is 9. The number of pyridine rings is 1. The number of hydrogen-bond acceptors (Lipinski definition) is 8. The second-order valence-corrected chi connectivity index (χ2v) is 14.3. The van der Waals surface area contributed by atoms with E-state index in [4.69, 9.17) is 14.7 Å². The fraction of sp³-hybridized carbons (Fsp3) is 0.333. The second-order valence-electron chi connectivity index (χ2n) is 14.3. The van der Waals surface area contributed by atoms with Crippen LogP contribution in [-0.2, 0) is 39.1 Å². The average Bonchev–Trinajstić information content (AvgIpc) is 3.95. The Morgan fingerprint density at radius 1 is 0.860 bits per heavy atom. The van der Waals surface area contributed by atoms with E-state index in [2.05, 4.69) is 101 Å². The van der Waals surface area contributed by atoms with Gasteiger partial charge < -0.3 is 19.0 Å². The summed E-state index contributed by atoms with van der Waals surface area (Å²) in [4.78, 5) is 26.9. The lowest BCUT2D eigenvalue weighted by atomic mass is 10.0. The van der Waals surface area contributed by atoms with Crippen molar-refractivity contribution in [2.45, 2.75) is 87.1 Å². The van der Waals surface area contributed by atoms with Crippen LogP contribution in [0.25, 0.3) is 44.2 Å².